The molecule has 3 heterocycles. The molecule has 12 heavy (non-hydrogen) atoms. The lowest BCUT2D eigenvalue weighted by molar-refractivity contribution is -0.506. The third kappa shape index (κ3) is 0.750. The van der Waals surface area contributed by atoms with E-state index < -0.39 is 0 Å². The van der Waals surface area contributed by atoms with E-state index in [1.807, 2.05) is 11.3 Å². The molecule has 0 atom stereocenters. The normalized spacial score (nSPS) is 11.3. The van der Waals surface area contributed by atoms with Gasteiger partial charge in [-0.2, -0.15) is 4.40 Å². The van der Waals surface area contributed by atoms with Crippen molar-refractivity contribution in [3.63, 3.8) is 0 Å². The number of pyridine rings is 1. The zero-order valence-corrected chi connectivity index (χ0v) is 7.86. The number of aromatic nitrogens is 1. The minimum atomic E-state index is 1.35. The minimum Gasteiger partial charge on any atom is -0.156 e. The van der Waals surface area contributed by atoms with Crippen LogP contribution < -0.4 is 4.40 Å². The van der Waals surface area contributed by atoms with Crippen molar-refractivity contribution in [2.75, 3.05) is 0 Å². The fourth-order valence-electron chi connectivity index (χ4n) is 1.36. The summed E-state index contributed by atoms with van der Waals surface area (Å²) in [7, 11) is 0. The second kappa shape index (κ2) is 2.28. The number of fused-ring (bicyclic) bond motifs is 3. The first-order valence-corrected chi connectivity index (χ1v) is 5.46. The van der Waals surface area contributed by atoms with Gasteiger partial charge >= 0.3 is 0 Å². The van der Waals surface area contributed by atoms with Gasteiger partial charge in [-0.1, -0.05) is 11.3 Å². The molecule has 0 N–H and O–H groups in total. The lowest BCUT2D eigenvalue weighted by Crippen LogP contribution is -2.15. The summed E-state index contributed by atoms with van der Waals surface area (Å²) in [5.41, 5.74) is 0. The zero-order chi connectivity index (χ0) is 7.97. The molecule has 3 aromatic heterocycles. The van der Waals surface area contributed by atoms with E-state index in [1.54, 1.807) is 11.3 Å². The standard InChI is InChI=1S/C9H6NS2/c1-3-10-4-6-12-9(10)8-7(1)2-5-11-8/h1-6H/q+1. The number of hydrogen-bond donors (Lipinski definition) is 0. The van der Waals surface area contributed by atoms with E-state index in [-0.39, 0.29) is 0 Å². The Bertz CT molecular complexity index is 486. The SMILES string of the molecule is c1cc2cc[n+]3ccsc3c2s1. The third-order valence-electron chi connectivity index (χ3n) is 1.94. The van der Waals surface area contributed by atoms with Gasteiger partial charge in [-0.15, -0.1) is 11.3 Å². The number of rotatable bonds is 0. The molecule has 0 fully saturated rings. The summed E-state index contributed by atoms with van der Waals surface area (Å²) in [6.07, 6.45) is 4.21. The molecule has 0 radical (unpaired) electrons. The highest BCUT2D eigenvalue weighted by Crippen LogP contribution is 2.25. The lowest BCUT2D eigenvalue weighted by Gasteiger charge is -1.83. The predicted octanol–water partition coefficient (Wildman–Crippen LogP) is 2.70. The average molecular weight is 192 g/mol. The van der Waals surface area contributed by atoms with Gasteiger partial charge in [0.15, 0.2) is 12.4 Å². The fourth-order valence-corrected chi connectivity index (χ4v) is 3.27. The molecule has 0 saturated heterocycles. The van der Waals surface area contributed by atoms with E-state index in [9.17, 15) is 0 Å². The summed E-state index contributed by atoms with van der Waals surface area (Å²) in [6, 6.07) is 4.32. The Morgan fingerprint density at radius 2 is 2.00 bits per heavy atom. The molecule has 0 aliphatic rings. The smallest absolute Gasteiger partial charge is 0.156 e. The van der Waals surface area contributed by atoms with Crippen LogP contribution in [0.1, 0.15) is 0 Å². The van der Waals surface area contributed by atoms with Crippen molar-refractivity contribution in [1.82, 2.24) is 0 Å². The summed E-state index contributed by atoms with van der Waals surface area (Å²) in [6.45, 7) is 0. The average Bonchev–Trinajstić information content (AvgIpc) is 2.71. The van der Waals surface area contributed by atoms with Gasteiger partial charge < -0.3 is 0 Å². The van der Waals surface area contributed by atoms with Crippen molar-refractivity contribution in [3.05, 3.63) is 35.3 Å². The molecular weight excluding hydrogens is 186 g/mol. The topological polar surface area (TPSA) is 4.10 Å². The zero-order valence-electron chi connectivity index (χ0n) is 6.23. The molecule has 0 aromatic carbocycles. The molecular formula is C9H6NS2+. The Kier molecular flexibility index (Phi) is 1.25. The second-order valence-electron chi connectivity index (χ2n) is 2.64. The molecule has 3 heteroatoms. The molecule has 3 rings (SSSR count). The van der Waals surface area contributed by atoms with Crippen LogP contribution in [0, 0.1) is 0 Å². The van der Waals surface area contributed by atoms with Crippen molar-refractivity contribution in [2.24, 2.45) is 0 Å². The number of nitrogens with zero attached hydrogens (tertiary/aromatic N) is 1. The van der Waals surface area contributed by atoms with Crippen molar-refractivity contribution in [2.45, 2.75) is 0 Å². The van der Waals surface area contributed by atoms with E-state index in [2.05, 4.69) is 39.7 Å². The Morgan fingerprint density at radius 1 is 1.00 bits per heavy atom. The van der Waals surface area contributed by atoms with Crippen LogP contribution in [0.4, 0.5) is 0 Å². The highest BCUT2D eigenvalue weighted by Gasteiger charge is 2.08. The first-order valence-electron chi connectivity index (χ1n) is 3.70. The number of hydrogen-bond acceptors (Lipinski definition) is 2. The van der Waals surface area contributed by atoms with Gasteiger partial charge in [-0.05, 0) is 11.4 Å². The molecule has 0 bridgehead atoms. The third-order valence-corrected chi connectivity index (χ3v) is 3.90. The van der Waals surface area contributed by atoms with E-state index in [1.165, 1.54) is 14.9 Å². The van der Waals surface area contributed by atoms with Gasteiger partial charge in [0, 0.05) is 11.5 Å². The van der Waals surface area contributed by atoms with Gasteiger partial charge in [-0.3, -0.25) is 0 Å². The van der Waals surface area contributed by atoms with E-state index in [4.69, 9.17) is 0 Å². The maximum atomic E-state index is 2.17. The first-order chi connectivity index (χ1) is 5.95. The Labute approximate surface area is 77.5 Å². The summed E-state index contributed by atoms with van der Waals surface area (Å²) in [5, 5.41) is 5.61. The molecule has 0 amide bonds. The van der Waals surface area contributed by atoms with Gasteiger partial charge in [0.05, 0.1) is 5.38 Å². The summed E-state index contributed by atoms with van der Waals surface area (Å²) in [5.74, 6) is 0. The van der Waals surface area contributed by atoms with Crippen LogP contribution in [0.2, 0.25) is 0 Å². The van der Waals surface area contributed by atoms with Crippen LogP contribution in [0.5, 0.6) is 0 Å². The summed E-state index contributed by atoms with van der Waals surface area (Å²) >= 11 is 3.61. The largest absolute Gasteiger partial charge is 0.285 e. The lowest BCUT2D eigenvalue weighted by atomic mass is 10.3. The van der Waals surface area contributed by atoms with E-state index >= 15 is 0 Å². The maximum Gasteiger partial charge on any atom is 0.285 e. The maximum absolute atomic E-state index is 2.17. The molecule has 0 saturated carbocycles. The van der Waals surface area contributed by atoms with Crippen molar-refractivity contribution in [1.29, 1.82) is 0 Å². The molecule has 0 aliphatic carbocycles. The number of thiazole rings is 1. The molecule has 0 aliphatic heterocycles. The molecule has 58 valence electrons. The quantitative estimate of drug-likeness (QED) is 0.482. The van der Waals surface area contributed by atoms with Crippen molar-refractivity contribution < 1.29 is 4.40 Å². The van der Waals surface area contributed by atoms with Crippen molar-refractivity contribution in [3.8, 4) is 0 Å². The van der Waals surface area contributed by atoms with E-state index in [0.717, 1.165) is 0 Å². The first kappa shape index (κ1) is 6.57. The van der Waals surface area contributed by atoms with Gasteiger partial charge in [0.1, 0.15) is 4.70 Å². The molecule has 0 spiro atoms. The van der Waals surface area contributed by atoms with Crippen LogP contribution in [-0.4, -0.2) is 0 Å². The summed E-state index contributed by atoms with van der Waals surface area (Å²) < 4.78 is 3.57. The summed E-state index contributed by atoms with van der Waals surface area (Å²) in [4.78, 5) is 1.35. The molecule has 3 aromatic rings. The Morgan fingerprint density at radius 3 is 3.00 bits per heavy atom. The highest BCUT2D eigenvalue weighted by molar-refractivity contribution is 7.24. The van der Waals surface area contributed by atoms with Crippen LogP contribution in [0.25, 0.3) is 14.9 Å². The number of thiophene rings is 1. The van der Waals surface area contributed by atoms with Crippen LogP contribution in [-0.2, 0) is 0 Å². The van der Waals surface area contributed by atoms with Crippen LogP contribution in [0.3, 0.4) is 0 Å². The Hall–Kier alpha value is -0.930. The van der Waals surface area contributed by atoms with Gasteiger partial charge in [0.2, 0.25) is 0 Å². The predicted molar refractivity (Wildman–Crippen MR) is 52.9 cm³/mol. The molecule has 1 nitrogen and oxygen atoms in total. The highest BCUT2D eigenvalue weighted by atomic mass is 32.1. The monoisotopic (exact) mass is 192 g/mol. The molecule has 0 unspecified atom stereocenters. The second-order valence-corrected chi connectivity index (χ2v) is 4.45. The van der Waals surface area contributed by atoms with Gasteiger partial charge in [-0.25, -0.2) is 0 Å². The minimum absolute atomic E-state index is 1.35. The van der Waals surface area contributed by atoms with Crippen molar-refractivity contribution >= 4 is 37.6 Å². The fraction of sp³-hybridized carbons (Fsp3) is 0. The Balaban J connectivity index is 2.71. The van der Waals surface area contributed by atoms with E-state index in [0.29, 0.717) is 0 Å². The van der Waals surface area contributed by atoms with Crippen LogP contribution >= 0.6 is 22.7 Å². The van der Waals surface area contributed by atoms with Crippen LogP contribution in [0.15, 0.2) is 35.3 Å². The van der Waals surface area contributed by atoms with Gasteiger partial charge in [0.25, 0.3) is 4.83 Å².